The first-order valence-corrected chi connectivity index (χ1v) is 5.99. The van der Waals surface area contributed by atoms with Crippen molar-refractivity contribution < 1.29 is 9.59 Å². The van der Waals surface area contributed by atoms with Gasteiger partial charge in [-0.15, -0.1) is 5.10 Å². The molecule has 8 nitrogen and oxygen atoms in total. The van der Waals surface area contributed by atoms with Gasteiger partial charge < -0.3 is 16.4 Å². The monoisotopic (exact) mass is 268 g/mol. The van der Waals surface area contributed by atoms with Crippen molar-refractivity contribution in [2.75, 3.05) is 13.1 Å². The highest BCUT2D eigenvalue weighted by Gasteiger charge is 2.18. The Morgan fingerprint density at radius 1 is 1.37 bits per heavy atom. The highest BCUT2D eigenvalue weighted by atomic mass is 16.2. The number of carbonyl (C=O) groups is 2. The maximum Gasteiger partial charge on any atom is 0.241 e. The van der Waals surface area contributed by atoms with Gasteiger partial charge in [0.05, 0.1) is 11.7 Å². The van der Waals surface area contributed by atoms with Crippen molar-refractivity contribution in [1.82, 2.24) is 25.6 Å². The van der Waals surface area contributed by atoms with Crippen molar-refractivity contribution in [3.8, 4) is 0 Å². The molecule has 1 aromatic heterocycles. The molecule has 0 saturated heterocycles. The van der Waals surface area contributed by atoms with E-state index in [2.05, 4.69) is 20.9 Å². The average Bonchev–Trinajstić information content (AvgIpc) is 2.72. The molecule has 2 amide bonds. The molecule has 1 heterocycles. The Kier molecular flexibility index (Phi) is 4.99. The molecule has 0 saturated carbocycles. The molecule has 0 fully saturated rings. The topological polar surface area (TPSA) is 115 Å². The second-order valence-corrected chi connectivity index (χ2v) is 4.86. The fourth-order valence-corrected chi connectivity index (χ4v) is 1.31. The SMILES string of the molecule is CC(=O)NCCNC(=O)Cn1cc(C(C)(C)N)nn1. The van der Waals surface area contributed by atoms with Crippen molar-refractivity contribution >= 4 is 11.8 Å². The number of aromatic nitrogens is 3. The summed E-state index contributed by atoms with van der Waals surface area (Å²) in [6.45, 7) is 5.90. The number of amides is 2. The van der Waals surface area contributed by atoms with Gasteiger partial charge in [-0.05, 0) is 13.8 Å². The summed E-state index contributed by atoms with van der Waals surface area (Å²) >= 11 is 0. The lowest BCUT2D eigenvalue weighted by Crippen LogP contribution is -2.35. The molecule has 0 aliphatic rings. The van der Waals surface area contributed by atoms with Gasteiger partial charge in [0.15, 0.2) is 0 Å². The van der Waals surface area contributed by atoms with Gasteiger partial charge in [-0.3, -0.25) is 9.59 Å². The summed E-state index contributed by atoms with van der Waals surface area (Å²) in [7, 11) is 0. The van der Waals surface area contributed by atoms with Crippen LogP contribution in [0.15, 0.2) is 6.20 Å². The van der Waals surface area contributed by atoms with Crippen LogP contribution in [0.25, 0.3) is 0 Å². The van der Waals surface area contributed by atoms with Crippen LogP contribution in [0.5, 0.6) is 0 Å². The van der Waals surface area contributed by atoms with Crippen molar-refractivity contribution in [1.29, 1.82) is 0 Å². The van der Waals surface area contributed by atoms with Crippen LogP contribution in [0.2, 0.25) is 0 Å². The smallest absolute Gasteiger partial charge is 0.241 e. The lowest BCUT2D eigenvalue weighted by Gasteiger charge is -2.13. The average molecular weight is 268 g/mol. The second-order valence-electron chi connectivity index (χ2n) is 4.86. The highest BCUT2D eigenvalue weighted by molar-refractivity contribution is 5.76. The van der Waals surface area contributed by atoms with Gasteiger partial charge in [-0.2, -0.15) is 0 Å². The van der Waals surface area contributed by atoms with E-state index in [-0.39, 0.29) is 18.4 Å². The van der Waals surface area contributed by atoms with Crippen LogP contribution in [0.4, 0.5) is 0 Å². The fraction of sp³-hybridized carbons (Fsp3) is 0.636. The van der Waals surface area contributed by atoms with Crippen LogP contribution in [0.3, 0.4) is 0 Å². The summed E-state index contributed by atoms with van der Waals surface area (Å²) in [5.74, 6) is -0.322. The van der Waals surface area contributed by atoms with Gasteiger partial charge in [-0.25, -0.2) is 4.68 Å². The van der Waals surface area contributed by atoms with Crippen LogP contribution in [-0.2, 0) is 21.7 Å². The predicted octanol–water partition coefficient (Wildman–Crippen LogP) is -1.28. The number of rotatable bonds is 6. The molecule has 0 bridgehead atoms. The van der Waals surface area contributed by atoms with E-state index in [0.717, 1.165) is 0 Å². The largest absolute Gasteiger partial charge is 0.355 e. The quantitative estimate of drug-likeness (QED) is 0.556. The Bertz CT molecular complexity index is 448. The Morgan fingerprint density at radius 2 is 2.00 bits per heavy atom. The van der Waals surface area contributed by atoms with E-state index in [0.29, 0.717) is 18.8 Å². The molecule has 106 valence electrons. The maximum atomic E-state index is 11.6. The zero-order valence-corrected chi connectivity index (χ0v) is 11.4. The minimum atomic E-state index is -0.583. The standard InChI is InChI=1S/C11H20N6O2/c1-8(18)13-4-5-14-10(19)7-17-6-9(15-16-17)11(2,3)12/h6H,4-5,7,12H2,1-3H3,(H,13,18)(H,14,19). The molecular weight excluding hydrogens is 248 g/mol. The molecule has 19 heavy (non-hydrogen) atoms. The van der Waals surface area contributed by atoms with Crippen molar-refractivity contribution in [3.05, 3.63) is 11.9 Å². The van der Waals surface area contributed by atoms with E-state index in [4.69, 9.17) is 5.73 Å². The molecule has 0 unspecified atom stereocenters. The zero-order chi connectivity index (χ0) is 14.5. The zero-order valence-electron chi connectivity index (χ0n) is 11.4. The van der Waals surface area contributed by atoms with Crippen LogP contribution >= 0.6 is 0 Å². The summed E-state index contributed by atoms with van der Waals surface area (Å²) < 4.78 is 1.43. The van der Waals surface area contributed by atoms with E-state index in [1.165, 1.54) is 11.6 Å². The Balaban J connectivity index is 2.36. The van der Waals surface area contributed by atoms with Gasteiger partial charge in [0.1, 0.15) is 12.2 Å². The third-order valence-corrected chi connectivity index (χ3v) is 2.33. The number of nitrogens with one attached hydrogen (secondary N) is 2. The highest BCUT2D eigenvalue weighted by Crippen LogP contribution is 2.12. The predicted molar refractivity (Wildman–Crippen MR) is 68.9 cm³/mol. The summed E-state index contributed by atoms with van der Waals surface area (Å²) in [5.41, 5.74) is 5.91. The number of nitrogens with two attached hydrogens (primary N) is 1. The molecule has 1 rings (SSSR count). The molecular formula is C11H20N6O2. The van der Waals surface area contributed by atoms with Gasteiger partial charge in [0.2, 0.25) is 11.8 Å². The van der Waals surface area contributed by atoms with Crippen molar-refractivity contribution in [3.63, 3.8) is 0 Å². The normalized spacial score (nSPS) is 11.2. The van der Waals surface area contributed by atoms with E-state index in [1.54, 1.807) is 6.20 Å². The lowest BCUT2D eigenvalue weighted by atomic mass is 10.0. The van der Waals surface area contributed by atoms with Gasteiger partial charge >= 0.3 is 0 Å². The van der Waals surface area contributed by atoms with Gasteiger partial charge in [-0.1, -0.05) is 5.21 Å². The summed E-state index contributed by atoms with van der Waals surface area (Å²) in [6, 6.07) is 0. The first-order chi connectivity index (χ1) is 8.79. The Labute approximate surface area is 111 Å². The molecule has 4 N–H and O–H groups in total. The van der Waals surface area contributed by atoms with E-state index < -0.39 is 5.54 Å². The maximum absolute atomic E-state index is 11.6. The molecule has 0 aromatic carbocycles. The second kappa shape index (κ2) is 6.28. The minimum Gasteiger partial charge on any atom is -0.355 e. The van der Waals surface area contributed by atoms with Crippen LogP contribution in [0, 0.1) is 0 Å². The number of hydrogen-bond acceptors (Lipinski definition) is 5. The first kappa shape index (κ1) is 15.1. The summed E-state index contributed by atoms with van der Waals surface area (Å²) in [5, 5.41) is 13.0. The molecule has 0 aliphatic carbocycles. The van der Waals surface area contributed by atoms with Crippen molar-refractivity contribution in [2.24, 2.45) is 5.73 Å². The van der Waals surface area contributed by atoms with E-state index in [1.807, 2.05) is 13.8 Å². The lowest BCUT2D eigenvalue weighted by molar-refractivity contribution is -0.122. The Hall–Kier alpha value is -1.96. The van der Waals surface area contributed by atoms with Gasteiger partial charge in [0.25, 0.3) is 0 Å². The first-order valence-electron chi connectivity index (χ1n) is 5.99. The molecule has 0 aliphatic heterocycles. The van der Waals surface area contributed by atoms with Gasteiger partial charge in [0, 0.05) is 20.0 Å². The number of hydrogen-bond donors (Lipinski definition) is 3. The third-order valence-electron chi connectivity index (χ3n) is 2.33. The number of nitrogens with zero attached hydrogens (tertiary/aromatic N) is 3. The van der Waals surface area contributed by atoms with E-state index in [9.17, 15) is 9.59 Å². The van der Waals surface area contributed by atoms with Crippen LogP contribution < -0.4 is 16.4 Å². The van der Waals surface area contributed by atoms with Crippen LogP contribution in [-0.4, -0.2) is 39.9 Å². The molecule has 0 spiro atoms. The Morgan fingerprint density at radius 3 is 2.53 bits per heavy atom. The van der Waals surface area contributed by atoms with Crippen molar-refractivity contribution in [2.45, 2.75) is 32.9 Å². The summed E-state index contributed by atoms with van der Waals surface area (Å²) in [6.07, 6.45) is 1.65. The minimum absolute atomic E-state index is 0.0726. The molecule has 8 heteroatoms. The van der Waals surface area contributed by atoms with Crippen LogP contribution in [0.1, 0.15) is 26.5 Å². The summed E-state index contributed by atoms with van der Waals surface area (Å²) in [4.78, 5) is 22.2. The third kappa shape index (κ3) is 5.47. The molecule has 1 aromatic rings. The van der Waals surface area contributed by atoms with E-state index >= 15 is 0 Å². The fourth-order valence-electron chi connectivity index (χ4n) is 1.31. The molecule has 0 radical (unpaired) electrons. The molecule has 0 atom stereocenters. The number of carbonyl (C=O) groups excluding carboxylic acids is 2.